The van der Waals surface area contributed by atoms with Crippen LogP contribution in [-0.2, 0) is 11.2 Å². The van der Waals surface area contributed by atoms with E-state index in [9.17, 15) is 0 Å². The maximum atomic E-state index is 5.88. The second kappa shape index (κ2) is 6.24. The van der Waals surface area contributed by atoms with E-state index in [1.165, 1.54) is 16.7 Å². The number of fused-ring (bicyclic) bond motifs is 1. The van der Waals surface area contributed by atoms with Crippen LogP contribution in [0.15, 0.2) is 36.5 Å². The predicted molar refractivity (Wildman–Crippen MR) is 82.5 cm³/mol. The van der Waals surface area contributed by atoms with Gasteiger partial charge in [0.25, 0.3) is 0 Å². The normalized spacial score (nSPS) is 17.3. The number of hydrogen-bond donors (Lipinski definition) is 1. The number of nitrogens with zero attached hydrogens (tertiary/aromatic N) is 1. The molecule has 1 aliphatic heterocycles. The van der Waals surface area contributed by atoms with Crippen molar-refractivity contribution in [2.24, 2.45) is 0 Å². The molecule has 0 radical (unpaired) electrons. The molecule has 1 aliphatic rings. The number of methoxy groups -OCH3 is 1. The van der Waals surface area contributed by atoms with Gasteiger partial charge in [0.2, 0.25) is 5.88 Å². The van der Waals surface area contributed by atoms with Crippen molar-refractivity contribution in [1.82, 2.24) is 10.3 Å². The van der Waals surface area contributed by atoms with E-state index in [-0.39, 0.29) is 6.10 Å². The maximum Gasteiger partial charge on any atom is 0.213 e. The van der Waals surface area contributed by atoms with Crippen LogP contribution in [0.2, 0.25) is 0 Å². The summed E-state index contributed by atoms with van der Waals surface area (Å²) in [4.78, 5) is 4.18. The van der Waals surface area contributed by atoms with Gasteiger partial charge in [0.15, 0.2) is 0 Å². The molecule has 1 atom stereocenters. The average molecular weight is 284 g/mol. The minimum Gasteiger partial charge on any atom is -0.481 e. The topological polar surface area (TPSA) is 43.4 Å². The summed E-state index contributed by atoms with van der Waals surface area (Å²) in [5, 5.41) is 3.20. The highest BCUT2D eigenvalue weighted by Gasteiger charge is 2.22. The predicted octanol–water partition coefficient (Wildman–Crippen LogP) is 2.59. The van der Waals surface area contributed by atoms with Crippen LogP contribution in [0.4, 0.5) is 0 Å². The molecule has 0 saturated carbocycles. The lowest BCUT2D eigenvalue weighted by atomic mass is 9.90. The molecular formula is C17H20N2O2. The molecule has 0 spiro atoms. The van der Waals surface area contributed by atoms with Gasteiger partial charge in [-0.3, -0.25) is 0 Å². The first-order valence-corrected chi connectivity index (χ1v) is 7.22. The third-order valence-electron chi connectivity index (χ3n) is 3.87. The number of rotatable bonds is 4. The maximum absolute atomic E-state index is 5.88. The summed E-state index contributed by atoms with van der Waals surface area (Å²) in [5.41, 5.74) is 5.04. The lowest BCUT2D eigenvalue weighted by Crippen LogP contribution is -2.25. The van der Waals surface area contributed by atoms with E-state index in [0.717, 1.165) is 25.1 Å². The first-order chi connectivity index (χ1) is 10.3. The van der Waals surface area contributed by atoms with Crippen molar-refractivity contribution in [1.29, 1.82) is 0 Å². The zero-order valence-electron chi connectivity index (χ0n) is 12.4. The van der Waals surface area contributed by atoms with E-state index in [2.05, 4.69) is 28.5 Å². The van der Waals surface area contributed by atoms with Crippen LogP contribution >= 0.6 is 0 Å². The smallest absolute Gasteiger partial charge is 0.213 e. The fourth-order valence-electron chi connectivity index (χ4n) is 2.89. The molecule has 110 valence electrons. The molecule has 0 bridgehead atoms. The monoisotopic (exact) mass is 284 g/mol. The first kappa shape index (κ1) is 14.0. The van der Waals surface area contributed by atoms with Gasteiger partial charge in [-0.2, -0.15) is 0 Å². The van der Waals surface area contributed by atoms with E-state index >= 15 is 0 Å². The molecule has 1 N–H and O–H groups in total. The lowest BCUT2D eigenvalue weighted by Gasteiger charge is -2.28. The SMILES string of the molecule is CNCC1OCCc2c(-c3ccnc(OC)c3)cccc21. The Hall–Kier alpha value is -1.91. The van der Waals surface area contributed by atoms with Crippen molar-refractivity contribution in [3.05, 3.63) is 47.7 Å². The third-order valence-corrected chi connectivity index (χ3v) is 3.87. The number of benzene rings is 1. The number of hydrogen-bond acceptors (Lipinski definition) is 4. The van der Waals surface area contributed by atoms with Crippen molar-refractivity contribution < 1.29 is 9.47 Å². The van der Waals surface area contributed by atoms with Gasteiger partial charge < -0.3 is 14.8 Å². The molecule has 0 fully saturated rings. The molecule has 3 rings (SSSR count). The van der Waals surface area contributed by atoms with E-state index < -0.39 is 0 Å². The summed E-state index contributed by atoms with van der Waals surface area (Å²) >= 11 is 0. The van der Waals surface area contributed by atoms with Gasteiger partial charge in [0, 0.05) is 18.8 Å². The Morgan fingerprint density at radius 2 is 2.29 bits per heavy atom. The third kappa shape index (κ3) is 2.77. The van der Waals surface area contributed by atoms with Crippen LogP contribution in [0.3, 0.4) is 0 Å². The highest BCUT2D eigenvalue weighted by Crippen LogP contribution is 2.34. The second-order valence-corrected chi connectivity index (χ2v) is 5.13. The summed E-state index contributed by atoms with van der Waals surface area (Å²) < 4.78 is 11.1. The molecule has 2 heterocycles. The summed E-state index contributed by atoms with van der Waals surface area (Å²) in [6.07, 6.45) is 2.86. The van der Waals surface area contributed by atoms with Crippen molar-refractivity contribution >= 4 is 0 Å². The van der Waals surface area contributed by atoms with Gasteiger partial charge in [-0.05, 0) is 41.8 Å². The van der Waals surface area contributed by atoms with Gasteiger partial charge in [-0.15, -0.1) is 0 Å². The molecule has 4 nitrogen and oxygen atoms in total. The number of likely N-dealkylation sites (N-methyl/N-ethyl adjacent to an activating group) is 1. The quantitative estimate of drug-likeness (QED) is 0.937. The van der Waals surface area contributed by atoms with Crippen molar-refractivity contribution in [2.75, 3.05) is 27.3 Å². The first-order valence-electron chi connectivity index (χ1n) is 7.22. The number of pyridine rings is 1. The van der Waals surface area contributed by atoms with Crippen molar-refractivity contribution in [3.63, 3.8) is 0 Å². The molecule has 0 aliphatic carbocycles. The van der Waals surface area contributed by atoms with Crippen LogP contribution in [-0.4, -0.2) is 32.3 Å². The Balaban J connectivity index is 2.05. The standard InChI is InChI=1S/C17H20N2O2/c1-18-11-16-15-5-3-4-13(14(15)7-9-21-16)12-6-8-19-17(10-12)20-2/h3-6,8,10,16,18H,7,9,11H2,1-2H3. The molecular weight excluding hydrogens is 264 g/mol. The van der Waals surface area contributed by atoms with Crippen LogP contribution in [0, 0.1) is 0 Å². The van der Waals surface area contributed by atoms with Crippen molar-refractivity contribution in [3.8, 4) is 17.0 Å². The molecule has 1 aromatic heterocycles. The van der Waals surface area contributed by atoms with Gasteiger partial charge in [-0.25, -0.2) is 4.98 Å². The second-order valence-electron chi connectivity index (χ2n) is 5.13. The van der Waals surface area contributed by atoms with Gasteiger partial charge in [0.05, 0.1) is 19.8 Å². The fraction of sp³-hybridized carbons (Fsp3) is 0.353. The highest BCUT2D eigenvalue weighted by atomic mass is 16.5. The molecule has 2 aromatic rings. The van der Waals surface area contributed by atoms with Crippen LogP contribution in [0.25, 0.3) is 11.1 Å². The summed E-state index contributed by atoms with van der Waals surface area (Å²) in [7, 11) is 3.60. The number of nitrogens with one attached hydrogen (secondary N) is 1. The lowest BCUT2D eigenvalue weighted by molar-refractivity contribution is 0.0440. The molecule has 0 amide bonds. The summed E-state index contributed by atoms with van der Waals surface area (Å²) in [5.74, 6) is 0.643. The Morgan fingerprint density at radius 1 is 1.38 bits per heavy atom. The van der Waals surface area contributed by atoms with Crippen LogP contribution in [0.5, 0.6) is 5.88 Å². The zero-order valence-corrected chi connectivity index (χ0v) is 12.4. The van der Waals surface area contributed by atoms with Gasteiger partial charge in [0.1, 0.15) is 0 Å². The molecule has 1 unspecified atom stereocenters. The minimum atomic E-state index is 0.127. The average Bonchev–Trinajstić information content (AvgIpc) is 2.55. The Kier molecular flexibility index (Phi) is 4.18. The Labute approximate surface area is 125 Å². The van der Waals surface area contributed by atoms with E-state index in [1.54, 1.807) is 13.3 Å². The van der Waals surface area contributed by atoms with E-state index in [4.69, 9.17) is 9.47 Å². The van der Waals surface area contributed by atoms with Crippen LogP contribution in [0.1, 0.15) is 17.2 Å². The molecule has 0 saturated heterocycles. The van der Waals surface area contributed by atoms with Crippen molar-refractivity contribution in [2.45, 2.75) is 12.5 Å². The van der Waals surface area contributed by atoms with E-state index in [1.807, 2.05) is 19.2 Å². The Morgan fingerprint density at radius 3 is 3.10 bits per heavy atom. The Bertz CT molecular complexity index is 628. The number of ether oxygens (including phenoxy) is 2. The highest BCUT2D eigenvalue weighted by molar-refractivity contribution is 5.70. The van der Waals surface area contributed by atoms with Gasteiger partial charge >= 0.3 is 0 Å². The zero-order chi connectivity index (χ0) is 14.7. The molecule has 4 heteroatoms. The minimum absolute atomic E-state index is 0.127. The van der Waals surface area contributed by atoms with E-state index in [0.29, 0.717) is 5.88 Å². The molecule has 1 aromatic carbocycles. The molecule has 21 heavy (non-hydrogen) atoms. The summed E-state index contributed by atoms with van der Waals surface area (Å²) in [6.45, 7) is 1.59. The van der Waals surface area contributed by atoms with Crippen LogP contribution < -0.4 is 10.1 Å². The largest absolute Gasteiger partial charge is 0.481 e. The fourth-order valence-corrected chi connectivity index (χ4v) is 2.89. The van der Waals surface area contributed by atoms with Gasteiger partial charge in [-0.1, -0.05) is 18.2 Å². The number of aromatic nitrogens is 1. The summed E-state index contributed by atoms with van der Waals surface area (Å²) in [6, 6.07) is 10.4.